The van der Waals surface area contributed by atoms with Crippen LogP contribution in [0.1, 0.15) is 70.5 Å². The third kappa shape index (κ3) is 4.15. The summed E-state index contributed by atoms with van der Waals surface area (Å²) in [4.78, 5) is 14.4. The number of likely N-dealkylation sites (tertiary alicyclic amines) is 1. The number of benzene rings is 2. The van der Waals surface area contributed by atoms with Crippen LogP contribution in [0.3, 0.4) is 0 Å². The van der Waals surface area contributed by atoms with Crippen LogP contribution in [0.25, 0.3) is 0 Å². The Bertz CT molecular complexity index is 1030. The molecule has 2 unspecified atom stereocenters. The molecule has 31 heavy (non-hydrogen) atoms. The molecule has 1 saturated heterocycles. The first-order chi connectivity index (χ1) is 15.1. The highest BCUT2D eigenvalue weighted by Crippen LogP contribution is 2.65. The van der Waals surface area contributed by atoms with Crippen molar-refractivity contribution in [2.75, 3.05) is 19.8 Å². The number of rotatable bonds is 4. The number of hydrogen-bond acceptors (Lipinski definition) is 3. The van der Waals surface area contributed by atoms with Gasteiger partial charge in [0.2, 0.25) is 0 Å². The van der Waals surface area contributed by atoms with Gasteiger partial charge in [0.25, 0.3) is 0 Å². The Hall–Kier alpha value is -2.56. The Morgan fingerprint density at radius 1 is 1.03 bits per heavy atom. The van der Waals surface area contributed by atoms with Crippen LogP contribution >= 0.6 is 0 Å². The molecule has 1 aliphatic heterocycles. The average Bonchev–Trinajstić information content (AvgIpc) is 3.26. The van der Waals surface area contributed by atoms with Crippen molar-refractivity contribution in [2.45, 2.75) is 43.4 Å². The smallest absolute Gasteiger partial charge is 0.189 e. The van der Waals surface area contributed by atoms with Crippen LogP contribution in [-0.4, -0.2) is 30.4 Å². The second-order valence-electron chi connectivity index (χ2n) is 9.07. The second-order valence-corrected chi connectivity index (χ2v) is 9.07. The number of nitrogens with zero attached hydrogens (tertiary/aromatic N) is 1. The number of fused-ring (bicyclic) bond motifs is 4. The van der Waals surface area contributed by atoms with Crippen LogP contribution in [0.15, 0.2) is 66.3 Å². The summed E-state index contributed by atoms with van der Waals surface area (Å²) in [6.07, 6.45) is 10.3. The van der Waals surface area contributed by atoms with Crippen molar-refractivity contribution in [3.05, 3.63) is 94.3 Å². The molecular weight excluding hydrogens is 387 g/mol. The standard InChI is InChI=1S/C15H12O.C12H17FN2/c16-15(9-3-1-2-4-9)10-5-6-11-12(7-10)14-8-13(11)14;13-12-3-1-10(2-4-12)11-5-7-15(9-14)8-6-11/h1-3,5-7,13-14H,4,8H2;1-4,11H,5-9,14H2. The number of hydrogen-bond donors (Lipinski definition) is 1. The highest BCUT2D eigenvalue weighted by Gasteiger charge is 2.50. The zero-order chi connectivity index (χ0) is 21.4. The molecule has 2 aromatic carbocycles. The van der Waals surface area contributed by atoms with Gasteiger partial charge >= 0.3 is 0 Å². The maximum absolute atomic E-state index is 12.7. The second kappa shape index (κ2) is 8.52. The molecule has 160 valence electrons. The average molecular weight is 417 g/mol. The third-order valence-electron chi connectivity index (χ3n) is 7.19. The molecule has 3 aliphatic carbocycles. The van der Waals surface area contributed by atoms with Crippen molar-refractivity contribution in [1.82, 2.24) is 4.90 Å². The fraction of sp³-hybridized carbons (Fsp3) is 0.370. The summed E-state index contributed by atoms with van der Waals surface area (Å²) in [6.45, 7) is 2.76. The quantitative estimate of drug-likeness (QED) is 0.692. The van der Waals surface area contributed by atoms with E-state index in [-0.39, 0.29) is 11.6 Å². The molecule has 1 saturated carbocycles. The minimum absolute atomic E-state index is 0.154. The predicted octanol–water partition coefficient (Wildman–Crippen LogP) is 5.26. The van der Waals surface area contributed by atoms with Gasteiger partial charge < -0.3 is 5.73 Å². The van der Waals surface area contributed by atoms with Gasteiger partial charge in [-0.1, -0.05) is 42.5 Å². The summed E-state index contributed by atoms with van der Waals surface area (Å²) >= 11 is 0. The number of allylic oxidation sites excluding steroid dienone is 4. The van der Waals surface area contributed by atoms with Crippen molar-refractivity contribution < 1.29 is 9.18 Å². The lowest BCUT2D eigenvalue weighted by Crippen LogP contribution is -2.36. The summed E-state index contributed by atoms with van der Waals surface area (Å²) in [5.74, 6) is 2.26. The first-order valence-electron chi connectivity index (χ1n) is 11.4. The van der Waals surface area contributed by atoms with Crippen molar-refractivity contribution in [3.8, 4) is 0 Å². The van der Waals surface area contributed by atoms with E-state index in [0.29, 0.717) is 12.6 Å². The molecule has 0 spiro atoms. The van der Waals surface area contributed by atoms with Gasteiger partial charge in [-0.2, -0.15) is 0 Å². The predicted molar refractivity (Wildman–Crippen MR) is 122 cm³/mol. The molecule has 0 radical (unpaired) electrons. The van der Waals surface area contributed by atoms with E-state index < -0.39 is 0 Å². The number of ketones is 1. The SMILES string of the molecule is NCN1CCC(c2ccc(F)cc2)CC1.O=C(C1=CC=CC1)c1ccc2c(c1)C1CC21. The van der Waals surface area contributed by atoms with Gasteiger partial charge in [0.1, 0.15) is 5.82 Å². The Labute approximate surface area is 183 Å². The van der Waals surface area contributed by atoms with Crippen LogP contribution in [0.2, 0.25) is 0 Å². The molecule has 0 aromatic heterocycles. The van der Waals surface area contributed by atoms with Crippen molar-refractivity contribution >= 4 is 5.78 Å². The molecule has 0 bridgehead atoms. The van der Waals surface area contributed by atoms with Gasteiger partial charge in [-0.15, -0.1) is 0 Å². The Balaban J connectivity index is 0.000000132. The number of carbonyl (C=O) groups excluding carboxylic acids is 1. The summed E-state index contributed by atoms with van der Waals surface area (Å²) in [5, 5.41) is 0. The fourth-order valence-corrected chi connectivity index (χ4v) is 5.15. The fourth-order valence-electron chi connectivity index (χ4n) is 5.15. The monoisotopic (exact) mass is 416 g/mol. The van der Waals surface area contributed by atoms with E-state index in [1.165, 1.54) is 23.1 Å². The maximum Gasteiger partial charge on any atom is 0.189 e. The third-order valence-corrected chi connectivity index (χ3v) is 7.19. The molecule has 3 nitrogen and oxygen atoms in total. The van der Waals surface area contributed by atoms with Gasteiger partial charge in [0.15, 0.2) is 5.78 Å². The van der Waals surface area contributed by atoms with Crippen LogP contribution in [0.4, 0.5) is 4.39 Å². The summed E-state index contributed by atoms with van der Waals surface area (Å²) in [5.41, 5.74) is 11.6. The van der Waals surface area contributed by atoms with Gasteiger partial charge in [-0.05, 0) is 91.4 Å². The summed E-state index contributed by atoms with van der Waals surface area (Å²) in [6, 6.07) is 13.2. The lowest BCUT2D eigenvalue weighted by atomic mass is 9.86. The molecule has 2 aromatic rings. The van der Waals surface area contributed by atoms with Crippen LogP contribution in [0, 0.1) is 5.82 Å². The zero-order valence-corrected chi connectivity index (χ0v) is 17.8. The molecule has 2 fully saturated rings. The van der Waals surface area contributed by atoms with E-state index in [1.54, 1.807) is 12.1 Å². The minimum atomic E-state index is -0.154. The molecular formula is C27H29FN2O. The number of piperidine rings is 1. The lowest BCUT2D eigenvalue weighted by Gasteiger charge is -2.30. The van der Waals surface area contributed by atoms with Gasteiger partial charge in [-0.3, -0.25) is 9.69 Å². The lowest BCUT2D eigenvalue weighted by molar-refractivity contribution is 0.103. The van der Waals surface area contributed by atoms with Crippen LogP contribution < -0.4 is 5.73 Å². The van der Waals surface area contributed by atoms with E-state index >= 15 is 0 Å². The molecule has 6 rings (SSSR count). The summed E-state index contributed by atoms with van der Waals surface area (Å²) in [7, 11) is 0. The van der Waals surface area contributed by atoms with E-state index in [2.05, 4.69) is 17.0 Å². The molecule has 1 heterocycles. The van der Waals surface area contributed by atoms with Crippen LogP contribution in [-0.2, 0) is 0 Å². The molecule has 4 heteroatoms. The van der Waals surface area contributed by atoms with Crippen molar-refractivity contribution in [1.29, 1.82) is 0 Å². The van der Waals surface area contributed by atoms with Gasteiger partial charge in [-0.25, -0.2) is 4.39 Å². The Kier molecular flexibility index (Phi) is 5.59. The highest BCUT2D eigenvalue weighted by molar-refractivity contribution is 6.09. The minimum Gasteiger partial charge on any atom is -0.318 e. The number of Topliss-reactive ketones (excluding diaryl/α,β-unsaturated/α-hetero) is 1. The van der Waals surface area contributed by atoms with Crippen molar-refractivity contribution in [2.24, 2.45) is 5.73 Å². The van der Waals surface area contributed by atoms with Crippen LogP contribution in [0.5, 0.6) is 0 Å². The first-order valence-corrected chi connectivity index (χ1v) is 11.4. The van der Waals surface area contributed by atoms with E-state index in [9.17, 15) is 9.18 Å². The van der Waals surface area contributed by atoms with Gasteiger partial charge in [0.05, 0.1) is 0 Å². The Morgan fingerprint density at radius 3 is 2.45 bits per heavy atom. The Morgan fingerprint density at radius 2 is 1.77 bits per heavy atom. The number of carbonyl (C=O) groups is 1. The molecule has 2 N–H and O–H groups in total. The topological polar surface area (TPSA) is 46.3 Å². The number of nitrogens with two attached hydrogens (primary N) is 1. The van der Waals surface area contributed by atoms with Crippen molar-refractivity contribution in [3.63, 3.8) is 0 Å². The molecule has 0 amide bonds. The summed E-state index contributed by atoms with van der Waals surface area (Å²) < 4.78 is 12.7. The van der Waals surface area contributed by atoms with E-state index in [4.69, 9.17) is 5.73 Å². The normalized spacial score (nSPS) is 23.7. The first kappa shape index (κ1) is 20.3. The maximum atomic E-state index is 12.7. The largest absolute Gasteiger partial charge is 0.318 e. The van der Waals surface area contributed by atoms with Gasteiger partial charge in [0, 0.05) is 17.8 Å². The van der Waals surface area contributed by atoms with E-state index in [1.807, 2.05) is 36.4 Å². The molecule has 4 aliphatic rings. The molecule has 2 atom stereocenters. The highest BCUT2D eigenvalue weighted by atomic mass is 19.1. The van der Waals surface area contributed by atoms with E-state index in [0.717, 1.165) is 55.3 Å². The zero-order valence-electron chi connectivity index (χ0n) is 17.8. The number of halogens is 1.